The average Bonchev–Trinajstić information content (AvgIpc) is 3.33. The molecule has 1 saturated heterocycles. The van der Waals surface area contributed by atoms with Crippen LogP contribution in [0.25, 0.3) is 17.0 Å². The van der Waals surface area contributed by atoms with Crippen molar-refractivity contribution in [2.45, 2.75) is 25.5 Å². The average molecular weight is 345 g/mol. The molecule has 1 fully saturated rings. The maximum atomic E-state index is 5.85. The molecule has 0 spiro atoms. The molecule has 4 heterocycles. The fraction of sp³-hybridized carbons (Fsp3) is 0.438. The van der Waals surface area contributed by atoms with Gasteiger partial charge in [-0.25, -0.2) is 0 Å². The van der Waals surface area contributed by atoms with Gasteiger partial charge in [0.2, 0.25) is 0 Å². The predicted molar refractivity (Wildman–Crippen MR) is 92.4 cm³/mol. The van der Waals surface area contributed by atoms with Gasteiger partial charge in [-0.3, -0.25) is 0 Å². The van der Waals surface area contributed by atoms with Gasteiger partial charge in [0.1, 0.15) is 5.82 Å². The molecule has 0 aliphatic carbocycles. The summed E-state index contributed by atoms with van der Waals surface area (Å²) in [4.78, 5) is 0. The highest BCUT2D eigenvalue weighted by atomic mass is 32.1. The zero-order chi connectivity index (χ0) is 16.4. The minimum absolute atomic E-state index is 0.150. The summed E-state index contributed by atoms with van der Waals surface area (Å²) in [6.45, 7) is 4.19. The first-order valence-electron chi connectivity index (χ1n) is 8.00. The molecular weight excluding hydrogens is 326 g/mol. The molecule has 0 radical (unpaired) electrons. The van der Waals surface area contributed by atoms with Crippen LogP contribution < -0.4 is 5.32 Å². The van der Waals surface area contributed by atoms with Crippen LogP contribution in [0.4, 0.5) is 5.82 Å². The Morgan fingerprint density at radius 1 is 1.42 bits per heavy atom. The molecule has 7 nitrogen and oxygen atoms in total. The summed E-state index contributed by atoms with van der Waals surface area (Å²) in [5.41, 5.74) is 1.75. The molecule has 0 saturated carbocycles. The highest BCUT2D eigenvalue weighted by Gasteiger charge is 2.17. The summed E-state index contributed by atoms with van der Waals surface area (Å²) in [6, 6.07) is 5.99. The van der Waals surface area contributed by atoms with Gasteiger partial charge in [0.15, 0.2) is 11.5 Å². The fourth-order valence-corrected chi connectivity index (χ4v) is 3.29. The standard InChI is InChI=1S/C16H19N5O2S/c1-11(8-23-13-4-6-22-9-13)17-14-2-3-15-18-19-16(21(15)20-14)12-5-7-24-10-12/h2-3,5,7,10-11,13H,4,6,8-9H2,1H3,(H,17,20). The van der Waals surface area contributed by atoms with E-state index in [4.69, 9.17) is 9.47 Å². The molecule has 4 rings (SSSR count). The van der Waals surface area contributed by atoms with Gasteiger partial charge in [-0.05, 0) is 36.9 Å². The zero-order valence-corrected chi connectivity index (χ0v) is 14.2. The number of aromatic nitrogens is 4. The van der Waals surface area contributed by atoms with Crippen LogP contribution in [0.3, 0.4) is 0 Å². The van der Waals surface area contributed by atoms with E-state index < -0.39 is 0 Å². The van der Waals surface area contributed by atoms with E-state index in [1.165, 1.54) is 0 Å². The number of thiophene rings is 1. The van der Waals surface area contributed by atoms with Crippen molar-refractivity contribution in [2.24, 2.45) is 0 Å². The van der Waals surface area contributed by atoms with Crippen LogP contribution in [-0.2, 0) is 9.47 Å². The quantitative estimate of drug-likeness (QED) is 0.740. The largest absolute Gasteiger partial charge is 0.379 e. The molecule has 8 heteroatoms. The molecule has 1 aliphatic heterocycles. The van der Waals surface area contributed by atoms with Crippen molar-refractivity contribution in [1.82, 2.24) is 19.8 Å². The Morgan fingerprint density at radius 3 is 3.17 bits per heavy atom. The highest BCUT2D eigenvalue weighted by molar-refractivity contribution is 7.08. The van der Waals surface area contributed by atoms with E-state index in [2.05, 4.69) is 27.5 Å². The Balaban J connectivity index is 1.46. The van der Waals surface area contributed by atoms with Crippen LogP contribution >= 0.6 is 11.3 Å². The SMILES string of the molecule is CC(COC1CCOC1)Nc1ccc2nnc(-c3ccsc3)n2n1. The van der Waals surface area contributed by atoms with Crippen LogP contribution in [0.15, 0.2) is 29.0 Å². The summed E-state index contributed by atoms with van der Waals surface area (Å²) in [5.74, 6) is 1.53. The van der Waals surface area contributed by atoms with Crippen molar-refractivity contribution in [3.63, 3.8) is 0 Å². The van der Waals surface area contributed by atoms with Gasteiger partial charge >= 0.3 is 0 Å². The molecule has 1 aliphatic rings. The topological polar surface area (TPSA) is 73.6 Å². The lowest BCUT2D eigenvalue weighted by molar-refractivity contribution is 0.0394. The molecule has 24 heavy (non-hydrogen) atoms. The van der Waals surface area contributed by atoms with Crippen LogP contribution in [0.1, 0.15) is 13.3 Å². The molecule has 2 atom stereocenters. The minimum atomic E-state index is 0.150. The molecule has 0 amide bonds. The number of rotatable bonds is 6. The third-order valence-corrected chi connectivity index (χ3v) is 4.59. The fourth-order valence-electron chi connectivity index (χ4n) is 2.66. The number of ether oxygens (including phenoxy) is 2. The third-order valence-electron chi connectivity index (χ3n) is 3.91. The number of hydrogen-bond acceptors (Lipinski definition) is 7. The molecule has 0 aromatic carbocycles. The van der Waals surface area contributed by atoms with Crippen molar-refractivity contribution in [3.05, 3.63) is 29.0 Å². The molecule has 1 N–H and O–H groups in total. The van der Waals surface area contributed by atoms with Crippen molar-refractivity contribution in [1.29, 1.82) is 0 Å². The second-order valence-electron chi connectivity index (χ2n) is 5.89. The number of anilines is 1. The number of fused-ring (bicyclic) bond motifs is 1. The lowest BCUT2D eigenvalue weighted by Gasteiger charge is -2.17. The monoisotopic (exact) mass is 345 g/mol. The Bertz CT molecular complexity index is 798. The van der Waals surface area contributed by atoms with Crippen molar-refractivity contribution >= 4 is 22.8 Å². The van der Waals surface area contributed by atoms with Gasteiger partial charge in [-0.15, -0.1) is 15.3 Å². The van der Waals surface area contributed by atoms with Crippen LogP contribution in [0.2, 0.25) is 0 Å². The first kappa shape index (κ1) is 15.5. The van der Waals surface area contributed by atoms with Crippen LogP contribution in [0.5, 0.6) is 0 Å². The predicted octanol–water partition coefficient (Wildman–Crippen LogP) is 2.46. The van der Waals surface area contributed by atoms with Gasteiger partial charge in [0.25, 0.3) is 0 Å². The maximum absolute atomic E-state index is 5.85. The zero-order valence-electron chi connectivity index (χ0n) is 13.4. The van der Waals surface area contributed by atoms with Crippen molar-refractivity contribution in [2.75, 3.05) is 25.1 Å². The van der Waals surface area contributed by atoms with E-state index in [0.717, 1.165) is 35.9 Å². The van der Waals surface area contributed by atoms with E-state index >= 15 is 0 Å². The Hall–Kier alpha value is -2.03. The van der Waals surface area contributed by atoms with Gasteiger partial charge in [0.05, 0.1) is 19.3 Å². The Morgan fingerprint density at radius 2 is 2.38 bits per heavy atom. The number of nitrogens with one attached hydrogen (secondary N) is 1. The first-order chi connectivity index (χ1) is 11.8. The van der Waals surface area contributed by atoms with Gasteiger partial charge in [-0.1, -0.05) is 0 Å². The summed E-state index contributed by atoms with van der Waals surface area (Å²) in [6.07, 6.45) is 1.19. The van der Waals surface area contributed by atoms with E-state index in [-0.39, 0.29) is 12.1 Å². The lowest BCUT2D eigenvalue weighted by atomic mass is 10.3. The van der Waals surface area contributed by atoms with Crippen LogP contribution in [0, 0.1) is 0 Å². The molecule has 3 aromatic heterocycles. The number of hydrogen-bond donors (Lipinski definition) is 1. The van der Waals surface area contributed by atoms with E-state index in [9.17, 15) is 0 Å². The third kappa shape index (κ3) is 3.26. The highest BCUT2D eigenvalue weighted by Crippen LogP contribution is 2.21. The smallest absolute Gasteiger partial charge is 0.186 e. The van der Waals surface area contributed by atoms with Crippen molar-refractivity contribution < 1.29 is 9.47 Å². The first-order valence-corrected chi connectivity index (χ1v) is 8.95. The molecule has 2 unspecified atom stereocenters. The van der Waals surface area contributed by atoms with E-state index in [1.807, 2.05) is 29.0 Å². The normalized spacial score (nSPS) is 19.0. The molecule has 0 bridgehead atoms. The minimum Gasteiger partial charge on any atom is -0.379 e. The second kappa shape index (κ2) is 6.84. The Labute approximate surface area is 143 Å². The molecule has 126 valence electrons. The summed E-state index contributed by atoms with van der Waals surface area (Å²) >= 11 is 1.63. The van der Waals surface area contributed by atoms with E-state index in [1.54, 1.807) is 15.9 Å². The van der Waals surface area contributed by atoms with Gasteiger partial charge < -0.3 is 14.8 Å². The van der Waals surface area contributed by atoms with Crippen molar-refractivity contribution in [3.8, 4) is 11.4 Å². The summed E-state index contributed by atoms with van der Waals surface area (Å²) in [7, 11) is 0. The van der Waals surface area contributed by atoms with Gasteiger partial charge in [-0.2, -0.15) is 15.9 Å². The molecular formula is C16H19N5O2S. The van der Waals surface area contributed by atoms with Gasteiger partial charge in [0, 0.05) is 23.6 Å². The Kier molecular flexibility index (Phi) is 4.42. The van der Waals surface area contributed by atoms with E-state index in [0.29, 0.717) is 13.2 Å². The maximum Gasteiger partial charge on any atom is 0.186 e. The summed E-state index contributed by atoms with van der Waals surface area (Å²) < 4.78 is 12.9. The van der Waals surface area contributed by atoms with Crippen LogP contribution in [-0.4, -0.2) is 51.8 Å². The lowest BCUT2D eigenvalue weighted by Crippen LogP contribution is -2.26. The number of nitrogens with zero attached hydrogens (tertiary/aromatic N) is 4. The molecule has 3 aromatic rings. The second-order valence-corrected chi connectivity index (χ2v) is 6.67. The summed E-state index contributed by atoms with van der Waals surface area (Å²) in [5, 5.41) is 20.5.